The summed E-state index contributed by atoms with van der Waals surface area (Å²) in [5, 5.41) is 9.55. The number of carbonyl (C=O) groups excluding carboxylic acids is 1. The van der Waals surface area contributed by atoms with E-state index in [4.69, 9.17) is 0 Å². The van der Waals surface area contributed by atoms with Crippen LogP contribution in [0.25, 0.3) is 0 Å². The number of amides is 1. The Kier molecular flexibility index (Phi) is 4.83. The summed E-state index contributed by atoms with van der Waals surface area (Å²) in [6.45, 7) is 2.26. The van der Waals surface area contributed by atoms with Crippen LogP contribution in [0.3, 0.4) is 0 Å². The Morgan fingerprint density at radius 2 is 1.84 bits per heavy atom. The van der Waals surface area contributed by atoms with Gasteiger partial charge in [-0.25, -0.2) is 4.39 Å². The molecule has 1 amide bonds. The lowest BCUT2D eigenvalue weighted by molar-refractivity contribution is -0.141. The summed E-state index contributed by atoms with van der Waals surface area (Å²) in [5.74, 6) is -2.84. The third-order valence-corrected chi connectivity index (χ3v) is 4.90. The fourth-order valence-electron chi connectivity index (χ4n) is 3.46. The van der Waals surface area contributed by atoms with Crippen LogP contribution >= 0.6 is 0 Å². The Labute approximate surface area is 145 Å². The maximum Gasteiger partial charge on any atom is 0.308 e. The first-order valence-corrected chi connectivity index (χ1v) is 8.29. The lowest BCUT2D eigenvalue weighted by Gasteiger charge is -2.21. The first-order valence-electron chi connectivity index (χ1n) is 8.29. The van der Waals surface area contributed by atoms with Crippen molar-refractivity contribution in [2.24, 2.45) is 5.92 Å². The van der Waals surface area contributed by atoms with Crippen molar-refractivity contribution in [2.75, 3.05) is 13.1 Å². The van der Waals surface area contributed by atoms with Crippen LogP contribution in [0.1, 0.15) is 29.9 Å². The zero-order valence-corrected chi connectivity index (χ0v) is 13.9. The van der Waals surface area contributed by atoms with Crippen LogP contribution in [0.15, 0.2) is 54.6 Å². The highest BCUT2D eigenvalue weighted by molar-refractivity contribution is 5.85. The Bertz CT molecular complexity index is 778. The number of carboxylic acids is 1. The minimum absolute atomic E-state index is 0.171. The molecule has 1 N–H and O–H groups in total. The van der Waals surface area contributed by atoms with E-state index in [0.29, 0.717) is 12.1 Å². The van der Waals surface area contributed by atoms with Gasteiger partial charge in [0.1, 0.15) is 5.82 Å². The quantitative estimate of drug-likeness (QED) is 0.929. The van der Waals surface area contributed by atoms with Crippen LogP contribution in [-0.2, 0) is 9.59 Å². The fourth-order valence-corrected chi connectivity index (χ4v) is 3.46. The first kappa shape index (κ1) is 17.1. The zero-order valence-electron chi connectivity index (χ0n) is 13.9. The van der Waals surface area contributed by atoms with Gasteiger partial charge in [0.05, 0.1) is 11.8 Å². The molecule has 25 heavy (non-hydrogen) atoms. The summed E-state index contributed by atoms with van der Waals surface area (Å²) in [7, 11) is 0. The molecule has 0 aliphatic carbocycles. The van der Waals surface area contributed by atoms with Crippen LogP contribution in [0.2, 0.25) is 0 Å². The van der Waals surface area contributed by atoms with Crippen molar-refractivity contribution in [1.29, 1.82) is 0 Å². The van der Waals surface area contributed by atoms with Crippen LogP contribution < -0.4 is 0 Å². The molecule has 1 unspecified atom stereocenters. The second-order valence-corrected chi connectivity index (χ2v) is 6.48. The van der Waals surface area contributed by atoms with Gasteiger partial charge in [-0.15, -0.1) is 0 Å². The zero-order chi connectivity index (χ0) is 18.0. The predicted molar refractivity (Wildman–Crippen MR) is 91.7 cm³/mol. The van der Waals surface area contributed by atoms with E-state index in [0.717, 1.165) is 5.56 Å². The van der Waals surface area contributed by atoms with Gasteiger partial charge in [0.2, 0.25) is 5.91 Å². The van der Waals surface area contributed by atoms with E-state index in [-0.39, 0.29) is 24.2 Å². The van der Waals surface area contributed by atoms with Crippen molar-refractivity contribution in [3.05, 3.63) is 71.5 Å². The smallest absolute Gasteiger partial charge is 0.308 e. The highest BCUT2D eigenvalue weighted by Crippen LogP contribution is 2.34. The summed E-state index contributed by atoms with van der Waals surface area (Å²) >= 11 is 0. The topological polar surface area (TPSA) is 57.6 Å². The van der Waals surface area contributed by atoms with Gasteiger partial charge in [0, 0.05) is 19.0 Å². The number of likely N-dealkylation sites (tertiary alicyclic amines) is 1. The predicted octanol–water partition coefficient (Wildman–Crippen LogP) is 3.26. The molecule has 2 aromatic carbocycles. The van der Waals surface area contributed by atoms with E-state index in [9.17, 15) is 19.1 Å². The van der Waals surface area contributed by atoms with E-state index in [1.165, 1.54) is 12.1 Å². The average molecular weight is 341 g/mol. The number of rotatable bonds is 4. The Morgan fingerprint density at radius 1 is 1.12 bits per heavy atom. The molecule has 0 aromatic heterocycles. The van der Waals surface area contributed by atoms with Crippen molar-refractivity contribution in [2.45, 2.75) is 18.8 Å². The lowest BCUT2D eigenvalue weighted by Crippen LogP contribution is -2.33. The third-order valence-electron chi connectivity index (χ3n) is 4.90. The highest BCUT2D eigenvalue weighted by atomic mass is 19.1. The number of carboxylic acid groups (broad SMARTS) is 1. The first-order chi connectivity index (χ1) is 12.0. The second-order valence-electron chi connectivity index (χ2n) is 6.48. The van der Waals surface area contributed by atoms with Crippen molar-refractivity contribution < 1.29 is 19.1 Å². The standard InChI is InChI=1S/C20H20FNO3/c1-13(15-8-5-9-16(21)10-15)19(23)22-11-17(18(12-22)20(24)25)14-6-3-2-4-7-14/h2-10,13,17-18H,11-12H2,1H3,(H,24,25)/t13?,17-,18-/m0/s1. The number of nitrogens with zero attached hydrogens (tertiary/aromatic N) is 1. The van der Waals surface area contributed by atoms with Gasteiger partial charge in [0.15, 0.2) is 0 Å². The van der Waals surface area contributed by atoms with Gasteiger partial charge in [-0.3, -0.25) is 9.59 Å². The molecule has 1 fully saturated rings. The SMILES string of the molecule is CC(C(=O)N1C[C@H](C(=O)O)[C@H](c2ccccc2)C1)c1cccc(F)c1. The molecule has 1 aliphatic heterocycles. The minimum atomic E-state index is -0.900. The van der Waals surface area contributed by atoms with Crippen LogP contribution in [0.5, 0.6) is 0 Å². The Balaban J connectivity index is 1.81. The van der Waals surface area contributed by atoms with E-state index < -0.39 is 17.8 Å². The molecule has 0 spiro atoms. The molecule has 130 valence electrons. The van der Waals surface area contributed by atoms with Crippen LogP contribution in [0.4, 0.5) is 4.39 Å². The van der Waals surface area contributed by atoms with Crippen molar-refractivity contribution >= 4 is 11.9 Å². The normalized spacial score (nSPS) is 21.1. The van der Waals surface area contributed by atoms with Gasteiger partial charge in [-0.1, -0.05) is 42.5 Å². The minimum Gasteiger partial charge on any atom is -0.481 e. The molecule has 3 rings (SSSR count). The van der Waals surface area contributed by atoms with Crippen molar-refractivity contribution in [3.63, 3.8) is 0 Å². The second kappa shape index (κ2) is 7.05. The average Bonchev–Trinajstić information content (AvgIpc) is 3.07. The number of benzene rings is 2. The number of aliphatic carboxylic acids is 1. The van der Waals surface area contributed by atoms with E-state index in [1.807, 2.05) is 30.3 Å². The molecule has 5 heteroatoms. The number of carbonyl (C=O) groups is 2. The van der Waals surface area contributed by atoms with Gasteiger partial charge in [-0.05, 0) is 30.2 Å². The Hall–Kier alpha value is -2.69. The summed E-state index contributed by atoms with van der Waals surface area (Å²) < 4.78 is 13.4. The molecule has 1 heterocycles. The summed E-state index contributed by atoms with van der Waals surface area (Å²) in [6, 6.07) is 15.4. The molecular formula is C20H20FNO3. The molecule has 3 atom stereocenters. The van der Waals surface area contributed by atoms with Crippen molar-refractivity contribution in [3.8, 4) is 0 Å². The van der Waals surface area contributed by atoms with Gasteiger partial charge in [-0.2, -0.15) is 0 Å². The van der Waals surface area contributed by atoms with E-state index >= 15 is 0 Å². The Morgan fingerprint density at radius 3 is 2.48 bits per heavy atom. The maximum atomic E-state index is 13.4. The lowest BCUT2D eigenvalue weighted by atomic mass is 9.89. The summed E-state index contributed by atoms with van der Waals surface area (Å²) in [4.78, 5) is 26.1. The number of halogens is 1. The summed E-state index contributed by atoms with van der Waals surface area (Å²) in [6.07, 6.45) is 0. The molecule has 1 aliphatic rings. The number of hydrogen-bond donors (Lipinski definition) is 1. The van der Waals surface area contributed by atoms with Gasteiger partial charge < -0.3 is 10.0 Å². The molecule has 1 saturated heterocycles. The van der Waals surface area contributed by atoms with E-state index in [2.05, 4.69) is 0 Å². The molecule has 2 aromatic rings. The van der Waals surface area contributed by atoms with Gasteiger partial charge >= 0.3 is 5.97 Å². The maximum absolute atomic E-state index is 13.4. The van der Waals surface area contributed by atoms with Crippen LogP contribution in [0, 0.1) is 11.7 Å². The fraction of sp³-hybridized carbons (Fsp3) is 0.300. The molecular weight excluding hydrogens is 321 g/mol. The monoisotopic (exact) mass is 341 g/mol. The van der Waals surface area contributed by atoms with Crippen molar-refractivity contribution in [1.82, 2.24) is 4.90 Å². The third kappa shape index (κ3) is 3.55. The molecule has 0 saturated carbocycles. The molecule has 4 nitrogen and oxygen atoms in total. The molecule has 0 radical (unpaired) electrons. The van der Waals surface area contributed by atoms with Gasteiger partial charge in [0.25, 0.3) is 0 Å². The largest absolute Gasteiger partial charge is 0.481 e. The number of hydrogen-bond acceptors (Lipinski definition) is 2. The van der Waals surface area contributed by atoms with Crippen LogP contribution in [-0.4, -0.2) is 35.0 Å². The summed E-state index contributed by atoms with van der Waals surface area (Å²) in [5.41, 5.74) is 1.52. The highest BCUT2D eigenvalue weighted by Gasteiger charge is 2.41. The molecule has 0 bridgehead atoms. The van der Waals surface area contributed by atoms with E-state index in [1.54, 1.807) is 24.0 Å².